The molecule has 0 radical (unpaired) electrons. The Kier molecular flexibility index (Phi) is 4.47. The van der Waals surface area contributed by atoms with E-state index >= 15 is 0 Å². The summed E-state index contributed by atoms with van der Waals surface area (Å²) in [6, 6.07) is 12.3. The van der Waals surface area contributed by atoms with E-state index in [1.165, 1.54) is 4.57 Å². The van der Waals surface area contributed by atoms with Crippen LogP contribution in [0.1, 0.15) is 6.42 Å². The van der Waals surface area contributed by atoms with Crippen LogP contribution in [0.25, 0.3) is 11.0 Å². The fourth-order valence-electron chi connectivity index (χ4n) is 3.61. The Balaban J connectivity index is 1.53. The van der Waals surface area contributed by atoms with Crippen molar-refractivity contribution < 1.29 is 9.59 Å². The number of anilines is 2. The van der Waals surface area contributed by atoms with Crippen molar-refractivity contribution in [2.75, 3.05) is 16.8 Å². The lowest BCUT2D eigenvalue weighted by molar-refractivity contribution is -0.122. The van der Waals surface area contributed by atoms with Crippen molar-refractivity contribution in [3.63, 3.8) is 0 Å². The van der Waals surface area contributed by atoms with Crippen LogP contribution in [0.4, 0.5) is 11.4 Å². The lowest BCUT2D eigenvalue weighted by Crippen LogP contribution is -2.28. The average molecular weight is 399 g/mol. The summed E-state index contributed by atoms with van der Waals surface area (Å²) in [5.41, 5.74) is 2.67. The van der Waals surface area contributed by atoms with Crippen molar-refractivity contribution in [1.29, 1.82) is 0 Å². The number of hydrogen-bond donors (Lipinski definition) is 1. The van der Waals surface area contributed by atoms with Crippen LogP contribution in [0.2, 0.25) is 5.02 Å². The van der Waals surface area contributed by atoms with Crippen molar-refractivity contribution in [2.24, 2.45) is 20.0 Å². The highest BCUT2D eigenvalue weighted by molar-refractivity contribution is 6.31. The van der Waals surface area contributed by atoms with E-state index in [2.05, 4.69) is 5.32 Å². The van der Waals surface area contributed by atoms with Crippen molar-refractivity contribution in [3.8, 4) is 0 Å². The highest BCUT2D eigenvalue weighted by Crippen LogP contribution is 2.28. The van der Waals surface area contributed by atoms with Gasteiger partial charge in [0, 0.05) is 43.5 Å². The van der Waals surface area contributed by atoms with Gasteiger partial charge in [-0.1, -0.05) is 17.7 Å². The molecule has 1 aliphatic heterocycles. The second-order valence-corrected chi connectivity index (χ2v) is 7.42. The van der Waals surface area contributed by atoms with Gasteiger partial charge in [-0.2, -0.15) is 0 Å². The van der Waals surface area contributed by atoms with Crippen LogP contribution >= 0.6 is 11.6 Å². The maximum Gasteiger partial charge on any atom is 0.328 e. The molecule has 1 fully saturated rings. The Bertz CT molecular complexity index is 1160. The van der Waals surface area contributed by atoms with Gasteiger partial charge in [0.2, 0.25) is 11.8 Å². The number of carbonyl (C=O) groups is 2. The van der Waals surface area contributed by atoms with E-state index in [0.717, 1.165) is 11.0 Å². The maximum absolute atomic E-state index is 12.7. The Labute approximate surface area is 166 Å². The number of fused-ring (bicyclic) bond motifs is 1. The molecule has 0 spiro atoms. The smallest absolute Gasteiger partial charge is 0.326 e. The molecule has 1 atom stereocenters. The number of halogens is 1. The molecule has 1 saturated heterocycles. The van der Waals surface area contributed by atoms with Gasteiger partial charge in [0.25, 0.3) is 0 Å². The third-order valence-corrected chi connectivity index (χ3v) is 5.39. The standard InChI is InChI=1S/C20H19ClN4O3/c1-23-16-7-6-14(10-17(16)24(2)20(23)28)22-19(27)12-8-18(26)25(11-12)15-5-3-4-13(21)9-15/h3-7,9-10,12H,8,11H2,1-2H3,(H,22,27). The van der Waals surface area contributed by atoms with E-state index in [1.807, 2.05) is 0 Å². The maximum atomic E-state index is 12.7. The molecular weight excluding hydrogens is 380 g/mol. The number of carbonyl (C=O) groups excluding carboxylic acids is 2. The van der Waals surface area contributed by atoms with Gasteiger partial charge >= 0.3 is 5.69 Å². The minimum absolute atomic E-state index is 0.108. The second kappa shape index (κ2) is 6.83. The molecule has 0 aliphatic carbocycles. The Hall–Kier alpha value is -3.06. The third kappa shape index (κ3) is 3.07. The third-order valence-electron chi connectivity index (χ3n) is 5.16. The zero-order chi connectivity index (χ0) is 20.0. The molecule has 0 bridgehead atoms. The molecule has 7 nitrogen and oxygen atoms in total. The average Bonchev–Trinajstić information content (AvgIpc) is 3.16. The van der Waals surface area contributed by atoms with Gasteiger partial charge in [-0.15, -0.1) is 0 Å². The summed E-state index contributed by atoms with van der Waals surface area (Å²) in [7, 11) is 3.40. The molecule has 28 heavy (non-hydrogen) atoms. The van der Waals surface area contributed by atoms with E-state index in [-0.39, 0.29) is 23.9 Å². The minimum Gasteiger partial charge on any atom is -0.326 e. The number of hydrogen-bond acceptors (Lipinski definition) is 3. The molecule has 1 aromatic heterocycles. The van der Waals surface area contributed by atoms with Crippen LogP contribution in [0, 0.1) is 5.92 Å². The monoisotopic (exact) mass is 398 g/mol. The predicted octanol–water partition coefficient (Wildman–Crippen LogP) is 2.52. The number of nitrogens with one attached hydrogen (secondary N) is 1. The number of benzene rings is 2. The van der Waals surface area contributed by atoms with E-state index < -0.39 is 5.92 Å². The first-order valence-electron chi connectivity index (χ1n) is 8.87. The molecule has 1 aliphatic rings. The zero-order valence-electron chi connectivity index (χ0n) is 15.5. The highest BCUT2D eigenvalue weighted by Gasteiger charge is 2.35. The van der Waals surface area contributed by atoms with Crippen molar-refractivity contribution in [2.45, 2.75) is 6.42 Å². The van der Waals surface area contributed by atoms with Crippen LogP contribution in [-0.2, 0) is 23.7 Å². The van der Waals surface area contributed by atoms with Gasteiger partial charge in [-0.25, -0.2) is 4.79 Å². The summed E-state index contributed by atoms with van der Waals surface area (Å²) in [6.45, 7) is 0.303. The van der Waals surface area contributed by atoms with Crippen LogP contribution in [-0.4, -0.2) is 27.5 Å². The van der Waals surface area contributed by atoms with Crippen LogP contribution in [0.5, 0.6) is 0 Å². The predicted molar refractivity (Wildman–Crippen MR) is 109 cm³/mol. The first-order chi connectivity index (χ1) is 13.3. The second-order valence-electron chi connectivity index (χ2n) is 6.98. The van der Waals surface area contributed by atoms with E-state index in [1.54, 1.807) is 66.0 Å². The Morgan fingerprint density at radius 1 is 1.07 bits per heavy atom. The lowest BCUT2D eigenvalue weighted by atomic mass is 10.1. The molecule has 2 aromatic carbocycles. The first kappa shape index (κ1) is 18.3. The topological polar surface area (TPSA) is 76.3 Å². The van der Waals surface area contributed by atoms with E-state index in [9.17, 15) is 14.4 Å². The molecule has 1 N–H and O–H groups in total. The van der Waals surface area contributed by atoms with E-state index in [4.69, 9.17) is 11.6 Å². The molecule has 2 heterocycles. The molecule has 0 saturated carbocycles. The summed E-state index contributed by atoms with van der Waals surface area (Å²) in [6.07, 6.45) is 0.143. The number of rotatable bonds is 3. The van der Waals surface area contributed by atoms with Crippen LogP contribution in [0.3, 0.4) is 0 Å². The summed E-state index contributed by atoms with van der Waals surface area (Å²) >= 11 is 6.01. The Morgan fingerprint density at radius 2 is 1.82 bits per heavy atom. The fraction of sp³-hybridized carbons (Fsp3) is 0.250. The van der Waals surface area contributed by atoms with Crippen molar-refractivity contribution >= 4 is 45.8 Å². The molecule has 3 aromatic rings. The highest BCUT2D eigenvalue weighted by atomic mass is 35.5. The largest absolute Gasteiger partial charge is 0.328 e. The zero-order valence-corrected chi connectivity index (χ0v) is 16.2. The number of aromatic nitrogens is 2. The number of nitrogens with zero attached hydrogens (tertiary/aromatic N) is 3. The molecule has 8 heteroatoms. The number of imidazole rings is 1. The summed E-state index contributed by atoms with van der Waals surface area (Å²) in [5, 5.41) is 3.41. The van der Waals surface area contributed by atoms with Gasteiger partial charge in [-0.3, -0.25) is 18.7 Å². The fourth-order valence-corrected chi connectivity index (χ4v) is 3.79. The number of amides is 2. The van der Waals surface area contributed by atoms with Gasteiger partial charge in [0.1, 0.15) is 0 Å². The van der Waals surface area contributed by atoms with E-state index in [0.29, 0.717) is 22.9 Å². The van der Waals surface area contributed by atoms with Gasteiger partial charge in [-0.05, 0) is 36.4 Å². The molecule has 2 amide bonds. The SMILES string of the molecule is Cn1c(=O)n(C)c2cc(NC(=O)C3CC(=O)N(c4cccc(Cl)c4)C3)ccc21. The van der Waals surface area contributed by atoms with Crippen LogP contribution < -0.4 is 15.9 Å². The summed E-state index contributed by atoms with van der Waals surface area (Å²) in [4.78, 5) is 38.7. The normalized spacial score (nSPS) is 16.8. The minimum atomic E-state index is -0.457. The summed E-state index contributed by atoms with van der Waals surface area (Å²) < 4.78 is 3.09. The van der Waals surface area contributed by atoms with Gasteiger partial charge in [0.15, 0.2) is 0 Å². The molecular formula is C20H19ClN4O3. The number of aryl methyl sites for hydroxylation is 2. The lowest BCUT2D eigenvalue weighted by Gasteiger charge is -2.17. The quantitative estimate of drug-likeness (QED) is 0.736. The molecule has 144 valence electrons. The summed E-state index contributed by atoms with van der Waals surface area (Å²) in [5.74, 6) is -0.789. The van der Waals surface area contributed by atoms with Gasteiger partial charge in [0.05, 0.1) is 17.0 Å². The van der Waals surface area contributed by atoms with Crippen LogP contribution in [0.15, 0.2) is 47.3 Å². The Morgan fingerprint density at radius 3 is 2.57 bits per heavy atom. The molecule has 4 rings (SSSR count). The van der Waals surface area contributed by atoms with Crippen molar-refractivity contribution in [1.82, 2.24) is 9.13 Å². The van der Waals surface area contributed by atoms with Gasteiger partial charge < -0.3 is 10.2 Å². The first-order valence-corrected chi connectivity index (χ1v) is 9.25. The van der Waals surface area contributed by atoms with Crippen molar-refractivity contribution in [3.05, 3.63) is 58.0 Å². The molecule has 1 unspecified atom stereocenters.